The van der Waals surface area contributed by atoms with Gasteiger partial charge >= 0.3 is 6.03 Å². The maximum absolute atomic E-state index is 13.1. The zero-order valence-electron chi connectivity index (χ0n) is 34.1. The first-order valence-corrected chi connectivity index (χ1v) is 20.9. The van der Waals surface area contributed by atoms with Gasteiger partial charge < -0.3 is 59.1 Å². The third-order valence-corrected chi connectivity index (χ3v) is 11.2. The second kappa shape index (κ2) is 26.1. The molecule has 11 amide bonds. The second-order valence-corrected chi connectivity index (χ2v) is 16.5. The fourth-order valence-corrected chi connectivity index (χ4v) is 8.14. The number of hydroxylamine groups is 1. The van der Waals surface area contributed by atoms with Gasteiger partial charge in [0.15, 0.2) is 0 Å². The van der Waals surface area contributed by atoms with E-state index in [0.29, 0.717) is 37.5 Å². The quantitative estimate of drug-likeness (QED) is 0.0154. The van der Waals surface area contributed by atoms with Crippen LogP contribution in [-0.2, 0) is 43.2 Å². The molecule has 24 heteroatoms. The molecule has 23 nitrogen and oxygen atoms in total. The van der Waals surface area contributed by atoms with Crippen LogP contribution in [-0.4, -0.2) is 136 Å². The molecule has 0 aromatic rings. The predicted octanol–water partition coefficient (Wildman–Crippen LogP) is -4.02. The van der Waals surface area contributed by atoms with Crippen molar-refractivity contribution in [2.45, 2.75) is 127 Å². The lowest BCUT2D eigenvalue weighted by molar-refractivity contribution is -0.138. The summed E-state index contributed by atoms with van der Waals surface area (Å²) in [6.45, 7) is 3.76. The molecule has 0 spiro atoms. The Kier molecular flexibility index (Phi) is 22.1. The summed E-state index contributed by atoms with van der Waals surface area (Å²) >= 11 is 1.82. The largest absolute Gasteiger partial charge is 0.391 e. The maximum atomic E-state index is 13.1. The second-order valence-electron chi connectivity index (χ2n) is 15.3. The molecule has 2 heterocycles. The Hall–Kier alpha value is -5.23. The van der Waals surface area contributed by atoms with E-state index >= 15 is 0 Å². The normalized spacial score (nSPS) is 19.2. The number of urea groups is 1. The molecule has 2 rings (SSSR count). The maximum Gasteiger partial charge on any atom is 0.315 e. The van der Waals surface area contributed by atoms with E-state index in [4.69, 9.17) is 16.7 Å². The number of amides is 11. The molecule has 0 aromatic heterocycles. The third-order valence-electron chi connectivity index (χ3n) is 9.65. The van der Waals surface area contributed by atoms with Gasteiger partial charge in [-0.05, 0) is 51.4 Å². The van der Waals surface area contributed by atoms with Crippen LogP contribution in [0.3, 0.4) is 0 Å². The van der Waals surface area contributed by atoms with Crippen LogP contribution in [0, 0.1) is 11.8 Å². The number of aliphatic hydroxyl groups excluding tert-OH is 1. The molecule has 0 bridgehead atoms. The van der Waals surface area contributed by atoms with E-state index in [2.05, 4.69) is 42.5 Å². The molecule has 0 aliphatic carbocycles. The Morgan fingerprint density at radius 1 is 0.767 bits per heavy atom. The van der Waals surface area contributed by atoms with Crippen LogP contribution < -0.4 is 59.5 Å². The number of fused-ring (bicyclic) bond motifs is 1. The molecule has 0 saturated carbocycles. The van der Waals surface area contributed by atoms with E-state index in [1.807, 2.05) is 11.8 Å². The van der Waals surface area contributed by atoms with Crippen LogP contribution in [0.25, 0.3) is 0 Å². The molecule has 2 aliphatic heterocycles. The van der Waals surface area contributed by atoms with E-state index < -0.39 is 103 Å². The van der Waals surface area contributed by atoms with Crippen molar-refractivity contribution in [3.8, 4) is 0 Å². The summed E-state index contributed by atoms with van der Waals surface area (Å²) in [6.07, 6.45) is 1.43. The van der Waals surface area contributed by atoms with Crippen LogP contribution in [0.4, 0.5) is 4.79 Å². The van der Waals surface area contributed by atoms with Crippen molar-refractivity contribution in [2.75, 3.05) is 25.4 Å². The van der Waals surface area contributed by atoms with E-state index in [-0.39, 0.29) is 42.8 Å². The lowest BCUT2D eigenvalue weighted by atomic mass is 9.92. The van der Waals surface area contributed by atoms with Gasteiger partial charge in [-0.3, -0.25) is 48.4 Å². The number of aliphatic hydroxyl groups is 1. The molecule has 0 aromatic carbocycles. The van der Waals surface area contributed by atoms with Gasteiger partial charge in [0.05, 0.1) is 37.7 Å². The highest BCUT2D eigenvalue weighted by Crippen LogP contribution is 2.33. The number of rotatable bonds is 28. The number of carbonyl (C=O) groups excluding carboxylic acids is 10. The molecular formula is C36H61N11O12S. The monoisotopic (exact) mass is 871 g/mol. The zero-order chi connectivity index (χ0) is 44.9. The van der Waals surface area contributed by atoms with Crippen LogP contribution in [0.15, 0.2) is 0 Å². The van der Waals surface area contributed by atoms with Crippen molar-refractivity contribution >= 4 is 71.0 Å². The number of primary amides is 2. The topological polar surface area (TPSA) is 371 Å². The Bertz CT molecular complexity index is 1550. The van der Waals surface area contributed by atoms with E-state index in [9.17, 15) is 53.1 Å². The molecule has 338 valence electrons. The fourth-order valence-electron chi connectivity index (χ4n) is 6.60. The number of carbonyl (C=O) groups is 10. The highest BCUT2D eigenvalue weighted by atomic mass is 32.2. The Balaban J connectivity index is 1.74. The highest BCUT2D eigenvalue weighted by Gasteiger charge is 2.42. The van der Waals surface area contributed by atoms with Gasteiger partial charge in [-0.1, -0.05) is 20.3 Å². The van der Waals surface area contributed by atoms with Gasteiger partial charge in [0.25, 0.3) is 0 Å². The number of hydrogen-bond acceptors (Lipinski definition) is 13. The lowest BCUT2D eigenvalue weighted by Crippen LogP contribution is -2.58. The van der Waals surface area contributed by atoms with Crippen molar-refractivity contribution in [3.63, 3.8) is 0 Å². The van der Waals surface area contributed by atoms with Crippen LogP contribution >= 0.6 is 11.8 Å². The smallest absolute Gasteiger partial charge is 0.315 e. The summed E-state index contributed by atoms with van der Waals surface area (Å²) in [5.74, 6) is -7.55. The standard InChI is InChI=1S/C36H61N11O12S/c1-18(2)12-20(13-27(51)47-59)33(55)45-30(19(3)48)35(57)43-22(14-25(37)49)34(56)41-15-28(52)40-16-29(53)42-21(32(38)54)8-6-7-11-39-26(50)10-5-4-9-24-31-23(17-60-24)44-36(58)46-31/h18-24,30-31,48,59H,4-17H2,1-3H3,(H2,37,49)(H2,38,54)(H,39,50)(H,40,52)(H,41,56)(H,42,53)(H,43,57)(H,45,55)(H,47,51)(H2,44,46,58)/t19-,20?,21+,22+,23+,24+,30+,31+/m1/s1. The van der Waals surface area contributed by atoms with Crippen LogP contribution in [0.2, 0.25) is 0 Å². The predicted molar refractivity (Wildman–Crippen MR) is 215 cm³/mol. The molecule has 1 unspecified atom stereocenters. The Morgan fingerprint density at radius 3 is 2.10 bits per heavy atom. The highest BCUT2D eigenvalue weighted by molar-refractivity contribution is 8.00. The first kappa shape index (κ1) is 50.9. The molecule has 2 fully saturated rings. The fraction of sp³-hybridized carbons (Fsp3) is 0.722. The molecule has 60 heavy (non-hydrogen) atoms. The van der Waals surface area contributed by atoms with Gasteiger partial charge in [0, 0.05) is 36.3 Å². The van der Waals surface area contributed by atoms with E-state index in [1.165, 1.54) is 12.4 Å². The molecule has 2 aliphatic rings. The van der Waals surface area contributed by atoms with Crippen LogP contribution in [0.1, 0.15) is 85.0 Å². The zero-order valence-corrected chi connectivity index (χ0v) is 35.0. The minimum atomic E-state index is -1.66. The SMILES string of the molecule is CC(C)CC(CC(=O)NO)C(=O)N[C@H](C(=O)N[C@@H](CC(N)=O)C(=O)NCC(=O)NCC(=O)N[C@@H](CCCCNC(=O)CCCC[C@@H]1SC[C@@H]2NC(=O)N[C@@H]21)C(N)=O)[C@@H](C)O. The Labute approximate surface area is 351 Å². The van der Waals surface area contributed by atoms with E-state index in [0.717, 1.165) is 18.6 Å². The number of thioether (sulfide) groups is 1. The summed E-state index contributed by atoms with van der Waals surface area (Å²) in [5.41, 5.74) is 12.1. The van der Waals surface area contributed by atoms with Gasteiger partial charge in [0.2, 0.25) is 53.2 Å². The summed E-state index contributed by atoms with van der Waals surface area (Å²) in [5, 5.41) is 39.5. The summed E-state index contributed by atoms with van der Waals surface area (Å²) in [4.78, 5) is 123. The van der Waals surface area contributed by atoms with Gasteiger partial charge in [-0.25, -0.2) is 10.3 Å². The van der Waals surface area contributed by atoms with Gasteiger partial charge in [0.1, 0.15) is 18.1 Å². The molecule has 0 radical (unpaired) electrons. The number of nitrogens with one attached hydrogen (secondary N) is 9. The average molecular weight is 872 g/mol. The Morgan fingerprint density at radius 2 is 1.47 bits per heavy atom. The summed E-state index contributed by atoms with van der Waals surface area (Å²) in [6, 6.07) is -4.22. The van der Waals surface area contributed by atoms with Gasteiger partial charge in [-0.15, -0.1) is 0 Å². The molecule has 2 saturated heterocycles. The number of nitrogens with two attached hydrogens (primary N) is 2. The lowest BCUT2D eigenvalue weighted by Gasteiger charge is -2.26. The first-order valence-electron chi connectivity index (χ1n) is 19.9. The van der Waals surface area contributed by atoms with Crippen molar-refractivity contribution in [1.82, 2.24) is 48.0 Å². The average Bonchev–Trinajstić information content (AvgIpc) is 3.73. The first-order chi connectivity index (χ1) is 28.3. The van der Waals surface area contributed by atoms with Crippen molar-refractivity contribution < 1.29 is 58.3 Å². The summed E-state index contributed by atoms with van der Waals surface area (Å²) in [7, 11) is 0. The number of unbranched alkanes of at least 4 members (excludes halogenated alkanes) is 2. The molecule has 8 atom stereocenters. The van der Waals surface area contributed by atoms with Crippen molar-refractivity contribution in [2.24, 2.45) is 23.3 Å². The summed E-state index contributed by atoms with van der Waals surface area (Å²) < 4.78 is 0. The molecule has 15 N–H and O–H groups in total. The van der Waals surface area contributed by atoms with E-state index in [1.54, 1.807) is 13.8 Å². The minimum Gasteiger partial charge on any atom is -0.391 e. The molecular weight excluding hydrogens is 811 g/mol. The minimum absolute atomic E-state index is 0.0721. The number of hydrogen-bond donors (Lipinski definition) is 13. The van der Waals surface area contributed by atoms with Crippen molar-refractivity contribution in [3.05, 3.63) is 0 Å². The van der Waals surface area contributed by atoms with Crippen molar-refractivity contribution in [1.29, 1.82) is 0 Å². The van der Waals surface area contributed by atoms with Gasteiger partial charge in [-0.2, -0.15) is 11.8 Å². The van der Waals surface area contributed by atoms with Crippen LogP contribution in [0.5, 0.6) is 0 Å². The third kappa shape index (κ3) is 18.8.